The molecule has 1 unspecified atom stereocenters. The highest BCUT2D eigenvalue weighted by atomic mass is 19.3. The van der Waals surface area contributed by atoms with Crippen molar-refractivity contribution in [3.05, 3.63) is 54.2 Å². The molecule has 3 aromatic rings. The molecule has 7 nitrogen and oxygen atoms in total. The van der Waals surface area contributed by atoms with Gasteiger partial charge in [-0.25, -0.2) is 0 Å². The lowest BCUT2D eigenvalue weighted by Crippen LogP contribution is -2.29. The quantitative estimate of drug-likeness (QED) is 0.635. The van der Waals surface area contributed by atoms with Gasteiger partial charge in [0, 0.05) is 0 Å². The van der Waals surface area contributed by atoms with Crippen molar-refractivity contribution in [2.75, 3.05) is 6.54 Å². The van der Waals surface area contributed by atoms with Crippen LogP contribution in [-0.2, 0) is 6.54 Å². The van der Waals surface area contributed by atoms with Crippen LogP contribution in [0.1, 0.15) is 43.3 Å². The van der Waals surface area contributed by atoms with Gasteiger partial charge in [-0.15, -0.1) is 5.10 Å². The molecule has 0 saturated carbocycles. The Morgan fingerprint density at radius 2 is 2.00 bits per heavy atom. The van der Waals surface area contributed by atoms with Gasteiger partial charge in [0.25, 0.3) is 0 Å². The van der Waals surface area contributed by atoms with E-state index in [0.29, 0.717) is 18.1 Å². The van der Waals surface area contributed by atoms with Crippen molar-refractivity contribution in [3.8, 4) is 11.4 Å². The van der Waals surface area contributed by atoms with Crippen LogP contribution >= 0.6 is 0 Å². The van der Waals surface area contributed by atoms with Crippen LogP contribution in [0.5, 0.6) is 5.75 Å². The Morgan fingerprint density at radius 1 is 1.14 bits per heavy atom. The summed E-state index contributed by atoms with van der Waals surface area (Å²) in [7, 11) is 0. The first-order chi connectivity index (χ1) is 13.7. The minimum atomic E-state index is -2.85. The van der Waals surface area contributed by atoms with Gasteiger partial charge in [0.1, 0.15) is 11.5 Å². The molecule has 9 heteroatoms. The van der Waals surface area contributed by atoms with Crippen molar-refractivity contribution >= 4 is 0 Å². The third-order valence-electron chi connectivity index (χ3n) is 4.92. The fourth-order valence-electron chi connectivity index (χ4n) is 3.62. The number of tetrazole rings is 1. The van der Waals surface area contributed by atoms with Crippen molar-refractivity contribution in [2.45, 2.75) is 44.9 Å². The first kappa shape index (κ1) is 18.5. The number of halogens is 2. The normalized spacial score (nSPS) is 18.3. The van der Waals surface area contributed by atoms with E-state index in [-0.39, 0.29) is 11.8 Å². The van der Waals surface area contributed by atoms with Gasteiger partial charge in [-0.1, -0.05) is 12.8 Å². The summed E-state index contributed by atoms with van der Waals surface area (Å²) in [5.41, 5.74) is 0.686. The van der Waals surface area contributed by atoms with E-state index in [0.717, 1.165) is 31.6 Å². The number of hydrogen-bond acceptors (Lipinski definition) is 6. The minimum absolute atomic E-state index is 0.0961. The van der Waals surface area contributed by atoms with Crippen molar-refractivity contribution in [2.24, 2.45) is 0 Å². The van der Waals surface area contributed by atoms with Gasteiger partial charge in [-0.05, 0) is 66.2 Å². The van der Waals surface area contributed by atoms with Crippen molar-refractivity contribution in [3.63, 3.8) is 0 Å². The maximum atomic E-state index is 12.3. The van der Waals surface area contributed by atoms with E-state index in [1.807, 2.05) is 12.1 Å². The molecular formula is C19H21F2N5O2. The van der Waals surface area contributed by atoms with E-state index in [1.165, 1.54) is 18.6 Å². The van der Waals surface area contributed by atoms with E-state index >= 15 is 0 Å². The number of alkyl halides is 2. The molecule has 0 radical (unpaired) electrons. The van der Waals surface area contributed by atoms with E-state index < -0.39 is 6.61 Å². The molecule has 1 aliphatic rings. The smallest absolute Gasteiger partial charge is 0.387 e. The number of hydrogen-bond donors (Lipinski definition) is 0. The summed E-state index contributed by atoms with van der Waals surface area (Å²) in [4.78, 5) is 2.34. The van der Waals surface area contributed by atoms with Crippen LogP contribution in [-0.4, -0.2) is 38.3 Å². The Labute approximate surface area is 160 Å². The van der Waals surface area contributed by atoms with Crippen LogP contribution in [0, 0.1) is 0 Å². The summed E-state index contributed by atoms with van der Waals surface area (Å²) in [6.45, 7) is -1.36. The highest BCUT2D eigenvalue weighted by Gasteiger charge is 2.26. The van der Waals surface area contributed by atoms with Crippen LogP contribution in [0.2, 0.25) is 0 Å². The maximum absolute atomic E-state index is 12.3. The van der Waals surface area contributed by atoms with Gasteiger partial charge in [0.05, 0.1) is 24.5 Å². The first-order valence-electron chi connectivity index (χ1n) is 9.30. The molecular weight excluding hydrogens is 368 g/mol. The average molecular weight is 389 g/mol. The lowest BCUT2D eigenvalue weighted by Gasteiger charge is -2.27. The molecule has 1 aliphatic heterocycles. The molecule has 4 rings (SSSR count). The van der Waals surface area contributed by atoms with E-state index in [9.17, 15) is 8.78 Å². The monoisotopic (exact) mass is 389 g/mol. The molecule has 0 bridgehead atoms. The Hall–Kier alpha value is -2.81. The minimum Gasteiger partial charge on any atom is -0.468 e. The molecule has 1 atom stereocenters. The standard InChI is InChI=1S/C19H21F2N5O2/c20-19(21)28-15-9-7-14(8-10-15)26-18(22-23-24-26)13-25-11-3-1-2-5-16(25)17-6-4-12-27-17/h4,6-10,12,16,19H,1-3,5,11,13H2. The topological polar surface area (TPSA) is 69.2 Å². The molecule has 1 fully saturated rings. The number of likely N-dealkylation sites (tertiary alicyclic amines) is 1. The largest absolute Gasteiger partial charge is 0.468 e. The molecule has 0 N–H and O–H groups in total. The lowest BCUT2D eigenvalue weighted by molar-refractivity contribution is -0.0498. The fraction of sp³-hybridized carbons (Fsp3) is 0.421. The van der Waals surface area contributed by atoms with Crippen molar-refractivity contribution < 1.29 is 17.9 Å². The summed E-state index contributed by atoms with van der Waals surface area (Å²) < 4.78 is 36.3. The second-order valence-corrected chi connectivity index (χ2v) is 6.73. The van der Waals surface area contributed by atoms with Gasteiger partial charge in [0.15, 0.2) is 5.82 Å². The van der Waals surface area contributed by atoms with Crippen LogP contribution < -0.4 is 4.74 Å². The Morgan fingerprint density at radius 3 is 2.75 bits per heavy atom. The van der Waals surface area contributed by atoms with Crippen LogP contribution in [0.25, 0.3) is 5.69 Å². The van der Waals surface area contributed by atoms with Gasteiger partial charge >= 0.3 is 6.61 Å². The second-order valence-electron chi connectivity index (χ2n) is 6.73. The lowest BCUT2D eigenvalue weighted by atomic mass is 10.1. The first-order valence-corrected chi connectivity index (χ1v) is 9.30. The summed E-state index contributed by atoms with van der Waals surface area (Å²) in [6.07, 6.45) is 6.17. The zero-order valence-electron chi connectivity index (χ0n) is 15.2. The second kappa shape index (κ2) is 8.47. The third-order valence-corrected chi connectivity index (χ3v) is 4.92. The van der Waals surface area contributed by atoms with Gasteiger partial charge < -0.3 is 9.15 Å². The molecule has 0 spiro atoms. The Bertz CT molecular complexity index is 867. The fourth-order valence-corrected chi connectivity index (χ4v) is 3.62. The number of nitrogens with zero attached hydrogens (tertiary/aromatic N) is 5. The molecule has 28 heavy (non-hydrogen) atoms. The van der Waals surface area contributed by atoms with Gasteiger partial charge in [-0.2, -0.15) is 13.5 Å². The number of rotatable bonds is 6. The molecule has 3 heterocycles. The van der Waals surface area contributed by atoms with E-state index in [2.05, 4.69) is 25.2 Å². The van der Waals surface area contributed by atoms with Crippen LogP contribution in [0.4, 0.5) is 8.78 Å². The van der Waals surface area contributed by atoms with Crippen LogP contribution in [0.3, 0.4) is 0 Å². The van der Waals surface area contributed by atoms with E-state index in [4.69, 9.17) is 4.42 Å². The molecule has 0 aliphatic carbocycles. The molecule has 1 aromatic carbocycles. The highest BCUT2D eigenvalue weighted by Crippen LogP contribution is 2.31. The maximum Gasteiger partial charge on any atom is 0.387 e. The molecule has 0 amide bonds. The zero-order chi connectivity index (χ0) is 19.3. The Balaban J connectivity index is 1.54. The summed E-state index contributed by atoms with van der Waals surface area (Å²) in [6, 6.07) is 10.4. The summed E-state index contributed by atoms with van der Waals surface area (Å²) in [5.74, 6) is 1.73. The summed E-state index contributed by atoms with van der Waals surface area (Å²) >= 11 is 0. The number of ether oxygens (including phenoxy) is 1. The highest BCUT2D eigenvalue weighted by molar-refractivity contribution is 5.37. The molecule has 1 saturated heterocycles. The van der Waals surface area contributed by atoms with Gasteiger partial charge in [0.2, 0.25) is 0 Å². The van der Waals surface area contributed by atoms with Crippen molar-refractivity contribution in [1.29, 1.82) is 0 Å². The number of aromatic nitrogens is 4. The van der Waals surface area contributed by atoms with Gasteiger partial charge in [-0.3, -0.25) is 4.90 Å². The van der Waals surface area contributed by atoms with Crippen molar-refractivity contribution in [1.82, 2.24) is 25.1 Å². The molecule has 2 aromatic heterocycles. The number of furan rings is 1. The number of benzene rings is 1. The third kappa shape index (κ3) is 4.19. The average Bonchev–Trinajstić information content (AvgIpc) is 3.32. The predicted molar refractivity (Wildman–Crippen MR) is 96.1 cm³/mol. The van der Waals surface area contributed by atoms with E-state index in [1.54, 1.807) is 23.1 Å². The predicted octanol–water partition coefficient (Wildman–Crippen LogP) is 3.97. The molecule has 148 valence electrons. The zero-order valence-corrected chi connectivity index (χ0v) is 15.2. The summed E-state index contributed by atoms with van der Waals surface area (Å²) in [5, 5.41) is 12.1. The van der Waals surface area contributed by atoms with Crippen LogP contribution in [0.15, 0.2) is 47.1 Å². The Kier molecular flexibility index (Phi) is 5.61. The SMILES string of the molecule is FC(F)Oc1ccc(-n2nnnc2CN2CCCCCC2c2ccco2)cc1.